The topological polar surface area (TPSA) is 113 Å². The molecule has 358 valence electrons. The van der Waals surface area contributed by atoms with E-state index in [9.17, 15) is 15.8 Å². The van der Waals surface area contributed by atoms with Crippen LogP contribution in [0.5, 0.6) is 0 Å². The highest BCUT2D eigenvalue weighted by Gasteiger charge is 2.23. The average Bonchev–Trinajstić information content (AvgIpc) is 4.01. The van der Waals surface area contributed by atoms with Crippen LogP contribution < -0.4 is 9.80 Å². The minimum atomic E-state index is 0.385. The van der Waals surface area contributed by atoms with Gasteiger partial charge in [0.25, 0.3) is 0 Å². The van der Waals surface area contributed by atoms with Gasteiger partial charge < -0.3 is 14.4 Å². The van der Waals surface area contributed by atoms with E-state index in [1.807, 2.05) is 140 Å². The molecule has 0 radical (unpaired) electrons. The van der Waals surface area contributed by atoms with Gasteiger partial charge in [-0.25, -0.2) is 14.8 Å². The number of rotatable bonds is 11. The first-order valence-corrected chi connectivity index (χ1v) is 24.8. The fourth-order valence-corrected chi connectivity index (χ4v) is 10.0. The third-order valence-electron chi connectivity index (χ3n) is 13.7. The molecule has 0 unspecified atom stereocenters. The second-order valence-corrected chi connectivity index (χ2v) is 18.3. The Bertz CT molecular complexity index is 4040. The molecule has 2 heterocycles. The summed E-state index contributed by atoms with van der Waals surface area (Å²) in [7, 11) is 0. The predicted octanol–water partition coefficient (Wildman–Crippen LogP) is 17.3. The summed E-state index contributed by atoms with van der Waals surface area (Å²) >= 11 is 0. The molecule has 0 fully saturated rings. The standard InChI is InChI=1S/C68H41N9/c1-72-64-41-59(48-30-32-50(33-31-48)63-42-62(49-26-22-46(43-69)23-27-49)73-68(74-63)51-28-24-47(44-70)25-29-51)52(45-71)38-67(64)77-65-36-34-57(75(53-14-6-2-7-15-53)54-16-8-3-9-17-54)39-60(65)61-40-58(35-37-66(61)77)76(55-18-10-4-11-19-55)56-20-12-5-13-21-56/h2-42H. The lowest BCUT2D eigenvalue weighted by Crippen LogP contribution is -2.09. The van der Waals surface area contributed by atoms with E-state index in [-0.39, 0.29) is 0 Å². The molecule has 2 aromatic heterocycles. The van der Waals surface area contributed by atoms with Crippen molar-refractivity contribution >= 4 is 61.6 Å². The van der Waals surface area contributed by atoms with E-state index in [2.05, 4.69) is 122 Å². The second kappa shape index (κ2) is 20.3. The van der Waals surface area contributed by atoms with Crippen LogP contribution in [0.3, 0.4) is 0 Å². The molecule has 9 heteroatoms. The summed E-state index contributed by atoms with van der Waals surface area (Å²) in [6, 6.07) is 88.9. The minimum absolute atomic E-state index is 0.385. The first kappa shape index (κ1) is 46.7. The van der Waals surface area contributed by atoms with Gasteiger partial charge in [-0.15, -0.1) is 0 Å². The number of hydrogen-bond acceptors (Lipinski definition) is 7. The van der Waals surface area contributed by atoms with Crippen LogP contribution in [0.25, 0.3) is 77.4 Å². The molecule has 0 atom stereocenters. The summed E-state index contributed by atoms with van der Waals surface area (Å²) in [6.45, 7) is 8.70. The number of hydrogen-bond donors (Lipinski definition) is 0. The molecule has 0 saturated carbocycles. The van der Waals surface area contributed by atoms with Crippen LogP contribution >= 0.6 is 0 Å². The zero-order valence-electron chi connectivity index (χ0n) is 41.2. The largest absolute Gasteiger partial charge is 0.319 e. The van der Waals surface area contributed by atoms with Gasteiger partial charge in [0, 0.05) is 61.6 Å². The van der Waals surface area contributed by atoms with Crippen molar-refractivity contribution in [1.29, 1.82) is 15.8 Å². The smallest absolute Gasteiger partial charge is 0.211 e. The molecule has 0 amide bonds. The van der Waals surface area contributed by atoms with Crippen molar-refractivity contribution < 1.29 is 0 Å². The highest BCUT2D eigenvalue weighted by atomic mass is 15.2. The zero-order chi connectivity index (χ0) is 52.2. The quantitative estimate of drug-likeness (QED) is 0.119. The van der Waals surface area contributed by atoms with Crippen molar-refractivity contribution in [2.24, 2.45) is 0 Å². The molecule has 12 aromatic rings. The Morgan fingerprint density at radius 3 is 1.19 bits per heavy atom. The molecular weight excluding hydrogens is 943 g/mol. The van der Waals surface area contributed by atoms with E-state index in [0.29, 0.717) is 50.8 Å². The van der Waals surface area contributed by atoms with E-state index < -0.39 is 0 Å². The van der Waals surface area contributed by atoms with E-state index in [1.165, 1.54) is 0 Å². The molecule has 0 aliphatic carbocycles. The fraction of sp³-hybridized carbons (Fsp3) is 0. The third kappa shape index (κ3) is 8.92. The third-order valence-corrected chi connectivity index (χ3v) is 13.7. The fourth-order valence-electron chi connectivity index (χ4n) is 10.0. The molecule has 12 rings (SSSR count). The van der Waals surface area contributed by atoms with E-state index in [4.69, 9.17) is 16.5 Å². The van der Waals surface area contributed by atoms with Crippen molar-refractivity contribution in [3.8, 4) is 68.9 Å². The van der Waals surface area contributed by atoms with Crippen LogP contribution in [-0.4, -0.2) is 14.5 Å². The Kier molecular flexibility index (Phi) is 12.3. The molecule has 0 saturated heterocycles. The number of benzene rings is 10. The lowest BCUT2D eigenvalue weighted by atomic mass is 9.96. The lowest BCUT2D eigenvalue weighted by Gasteiger charge is -2.26. The molecule has 0 spiro atoms. The summed E-state index contributed by atoms with van der Waals surface area (Å²) in [4.78, 5) is 18.6. The number of nitriles is 3. The highest BCUT2D eigenvalue weighted by Crippen LogP contribution is 2.45. The minimum Gasteiger partial charge on any atom is -0.319 e. The van der Waals surface area contributed by atoms with Crippen LogP contribution in [0.1, 0.15) is 16.7 Å². The van der Waals surface area contributed by atoms with E-state index >= 15 is 0 Å². The molecular formula is C68H41N9. The van der Waals surface area contributed by atoms with Gasteiger partial charge in [0.05, 0.1) is 69.6 Å². The SMILES string of the molecule is [C-]#[N+]c1cc(-c2ccc(-c3cc(-c4ccc(C#N)cc4)nc(-c4ccc(C#N)cc4)n3)cc2)c(C#N)cc1-n1c2ccc(N(c3ccccc3)c3ccccc3)cc2c2cc(N(c3ccccc3)c3ccccc3)ccc21. The Balaban J connectivity index is 0.999. The van der Waals surface area contributed by atoms with Gasteiger partial charge in [0.1, 0.15) is 0 Å². The lowest BCUT2D eigenvalue weighted by molar-refractivity contribution is 1.18. The molecule has 0 aliphatic heterocycles. The number of nitrogens with zero attached hydrogens (tertiary/aromatic N) is 9. The summed E-state index contributed by atoms with van der Waals surface area (Å²) < 4.78 is 2.12. The first-order chi connectivity index (χ1) is 38.0. The molecule has 0 bridgehead atoms. The van der Waals surface area contributed by atoms with Crippen LogP contribution in [0.2, 0.25) is 0 Å². The maximum atomic E-state index is 11.0. The van der Waals surface area contributed by atoms with Crippen molar-refractivity contribution in [3.05, 3.63) is 277 Å². The van der Waals surface area contributed by atoms with E-state index in [0.717, 1.165) is 78.2 Å². The van der Waals surface area contributed by atoms with Crippen LogP contribution in [0, 0.1) is 40.6 Å². The predicted molar refractivity (Wildman–Crippen MR) is 308 cm³/mol. The molecule has 77 heavy (non-hydrogen) atoms. The first-order valence-electron chi connectivity index (χ1n) is 24.8. The van der Waals surface area contributed by atoms with Gasteiger partial charge in [0.2, 0.25) is 5.69 Å². The summed E-state index contributed by atoms with van der Waals surface area (Å²) in [5, 5.41) is 31.9. The normalized spacial score (nSPS) is 10.8. The average molecular weight is 984 g/mol. The van der Waals surface area contributed by atoms with Gasteiger partial charge in [0.15, 0.2) is 5.82 Å². The Labute approximate surface area is 445 Å². The molecule has 0 aliphatic rings. The number of anilines is 6. The van der Waals surface area contributed by atoms with Gasteiger partial charge in [-0.1, -0.05) is 109 Å². The zero-order valence-corrected chi connectivity index (χ0v) is 41.2. The number of fused-ring (bicyclic) bond motifs is 3. The Hall–Kier alpha value is -11.4. The number of aromatic nitrogens is 3. The van der Waals surface area contributed by atoms with Crippen molar-refractivity contribution in [1.82, 2.24) is 14.5 Å². The monoisotopic (exact) mass is 983 g/mol. The summed E-state index contributed by atoms with van der Waals surface area (Å²) in [5.41, 5.74) is 15.3. The molecule has 9 nitrogen and oxygen atoms in total. The Morgan fingerprint density at radius 1 is 0.390 bits per heavy atom. The van der Waals surface area contributed by atoms with Gasteiger partial charge in [-0.3, -0.25) is 0 Å². The highest BCUT2D eigenvalue weighted by molar-refractivity contribution is 6.12. The summed E-state index contributed by atoms with van der Waals surface area (Å²) in [6.07, 6.45) is 0. The van der Waals surface area contributed by atoms with Crippen LogP contribution in [-0.2, 0) is 0 Å². The number of para-hydroxylation sites is 4. The van der Waals surface area contributed by atoms with Gasteiger partial charge in [-0.2, -0.15) is 15.8 Å². The maximum Gasteiger partial charge on any atom is 0.211 e. The second-order valence-electron chi connectivity index (χ2n) is 18.3. The van der Waals surface area contributed by atoms with Gasteiger partial charge in [-0.05, 0) is 151 Å². The van der Waals surface area contributed by atoms with E-state index in [1.54, 1.807) is 24.3 Å². The van der Waals surface area contributed by atoms with Crippen molar-refractivity contribution in [2.75, 3.05) is 9.80 Å². The maximum absolute atomic E-state index is 11.0. The van der Waals surface area contributed by atoms with Gasteiger partial charge >= 0.3 is 0 Å². The summed E-state index contributed by atoms with van der Waals surface area (Å²) in [5.74, 6) is 0.478. The van der Waals surface area contributed by atoms with Crippen molar-refractivity contribution in [3.63, 3.8) is 0 Å². The van der Waals surface area contributed by atoms with Crippen molar-refractivity contribution in [2.45, 2.75) is 0 Å². The molecule has 0 N–H and O–H groups in total. The molecule has 10 aromatic carbocycles. The van der Waals surface area contributed by atoms with Crippen LogP contribution in [0.4, 0.5) is 39.8 Å². The van der Waals surface area contributed by atoms with Crippen LogP contribution in [0.15, 0.2) is 249 Å². The Morgan fingerprint density at radius 2 is 0.792 bits per heavy atom.